The van der Waals surface area contributed by atoms with Crippen molar-refractivity contribution in [2.45, 2.75) is 12.5 Å². The van der Waals surface area contributed by atoms with Crippen LogP contribution < -0.4 is 5.73 Å². The van der Waals surface area contributed by atoms with Crippen LogP contribution in [0.15, 0.2) is 0 Å². The van der Waals surface area contributed by atoms with Crippen molar-refractivity contribution < 1.29 is 34.9 Å². The second kappa shape index (κ2) is 10.4. The average molecular weight is 233 g/mol. The van der Waals surface area contributed by atoms with Gasteiger partial charge in [0.1, 0.15) is 6.04 Å². The molecule has 0 aliphatic heterocycles. The molecular weight excluding hydrogens is 220 g/mol. The Balaban J connectivity index is -0.000000320. The van der Waals surface area contributed by atoms with Crippen LogP contribution in [-0.2, 0) is 24.3 Å². The molecule has 0 aliphatic carbocycles. The molecule has 0 heterocycles. The average Bonchev–Trinajstić information content (AvgIpc) is 1.82. The maximum atomic E-state index is 10.1. The van der Waals surface area contributed by atoms with Gasteiger partial charge in [-0.2, -0.15) is 11.8 Å². The molecule has 11 heavy (non-hydrogen) atoms. The predicted molar refractivity (Wildman–Crippen MR) is 42.2 cm³/mol. The number of carboxylic acids is 1. The first kappa shape index (κ1) is 17.4. The van der Waals surface area contributed by atoms with E-state index in [0.717, 1.165) is 5.75 Å². The first-order chi connectivity index (χ1) is 4.18. The van der Waals surface area contributed by atoms with Gasteiger partial charge in [-0.15, -0.1) is 0 Å². The molecule has 0 amide bonds. The van der Waals surface area contributed by atoms with Crippen LogP contribution in [0, 0.1) is 0 Å². The van der Waals surface area contributed by atoms with Gasteiger partial charge in [-0.1, -0.05) is 0 Å². The van der Waals surface area contributed by atoms with E-state index in [1.165, 1.54) is 0 Å². The molecule has 0 saturated carbocycles. The van der Waals surface area contributed by atoms with Gasteiger partial charge in [0.05, 0.1) is 0 Å². The van der Waals surface area contributed by atoms with Crippen molar-refractivity contribution in [2.75, 3.05) is 12.0 Å². The minimum atomic E-state index is -0.913. The Labute approximate surface area is 83.0 Å². The van der Waals surface area contributed by atoms with Gasteiger partial charge in [0.2, 0.25) is 0 Å². The third-order valence-electron chi connectivity index (χ3n) is 0.950. The molecule has 5 N–H and O–H groups in total. The number of hydrogen-bond acceptors (Lipinski definition) is 3. The molecule has 1 unspecified atom stereocenters. The van der Waals surface area contributed by atoms with E-state index in [1.54, 1.807) is 11.8 Å². The van der Waals surface area contributed by atoms with Crippen molar-refractivity contribution in [3.8, 4) is 0 Å². The van der Waals surface area contributed by atoms with Crippen molar-refractivity contribution in [1.29, 1.82) is 0 Å². The molecule has 0 radical (unpaired) electrons. The van der Waals surface area contributed by atoms with Crippen molar-refractivity contribution in [2.24, 2.45) is 5.73 Å². The Morgan fingerprint density at radius 1 is 1.73 bits per heavy atom. The molecule has 0 aliphatic rings. The Bertz CT molecular complexity index is 104. The Morgan fingerprint density at radius 2 is 2.18 bits per heavy atom. The van der Waals surface area contributed by atoms with Crippen LogP contribution in [0.4, 0.5) is 0 Å². The summed E-state index contributed by atoms with van der Waals surface area (Å²) in [5.41, 5.74) is 5.19. The van der Waals surface area contributed by atoms with E-state index in [9.17, 15) is 4.79 Å². The smallest absolute Gasteiger partial charge is 0.320 e. The van der Waals surface area contributed by atoms with Crippen molar-refractivity contribution >= 4 is 17.7 Å². The number of rotatable bonds is 4. The minimum Gasteiger partial charge on any atom is -0.480 e. The fourth-order valence-corrected chi connectivity index (χ4v) is 0.858. The molecule has 0 spiro atoms. The quantitative estimate of drug-likeness (QED) is 0.628. The molecule has 1 atom stereocenters. The van der Waals surface area contributed by atoms with Gasteiger partial charge in [-0.05, 0) is 18.4 Å². The molecular formula is C5H13NO3SZn. The van der Waals surface area contributed by atoms with Gasteiger partial charge in [0.25, 0.3) is 0 Å². The maximum absolute atomic E-state index is 10.1. The summed E-state index contributed by atoms with van der Waals surface area (Å²) in [7, 11) is 0. The van der Waals surface area contributed by atoms with Gasteiger partial charge in [-0.25, -0.2) is 0 Å². The summed E-state index contributed by atoms with van der Waals surface area (Å²) in [6, 6.07) is -0.683. The monoisotopic (exact) mass is 231 g/mol. The number of aliphatic carboxylic acids is 1. The molecule has 0 aromatic rings. The van der Waals surface area contributed by atoms with E-state index >= 15 is 0 Å². The Hall–Kier alpha value is 0.363. The van der Waals surface area contributed by atoms with Crippen molar-refractivity contribution in [3.05, 3.63) is 0 Å². The van der Waals surface area contributed by atoms with Gasteiger partial charge in [0.15, 0.2) is 0 Å². The first-order valence-electron chi connectivity index (χ1n) is 2.65. The summed E-state index contributed by atoms with van der Waals surface area (Å²) >= 11 is 1.60. The maximum Gasteiger partial charge on any atom is 0.320 e. The molecule has 0 rings (SSSR count). The predicted octanol–water partition coefficient (Wildman–Crippen LogP) is -0.676. The van der Waals surface area contributed by atoms with Gasteiger partial charge >= 0.3 is 5.97 Å². The molecule has 0 saturated heterocycles. The number of hydrogen-bond donors (Lipinski definition) is 2. The van der Waals surface area contributed by atoms with Crippen LogP contribution in [0.3, 0.4) is 0 Å². The number of nitrogens with two attached hydrogens (primary N) is 1. The summed E-state index contributed by atoms with van der Waals surface area (Å²) in [5, 5.41) is 8.27. The van der Waals surface area contributed by atoms with E-state index in [0.29, 0.717) is 6.42 Å². The zero-order valence-electron chi connectivity index (χ0n) is 6.54. The van der Waals surface area contributed by atoms with E-state index in [4.69, 9.17) is 10.8 Å². The van der Waals surface area contributed by atoms with Crippen LogP contribution in [-0.4, -0.2) is 34.6 Å². The van der Waals surface area contributed by atoms with E-state index < -0.39 is 12.0 Å². The SMILES string of the molecule is CSCCC(N)C(=O)O.O.[Zn]. The van der Waals surface area contributed by atoms with Gasteiger partial charge in [-0.3, -0.25) is 4.79 Å². The second-order valence-electron chi connectivity index (χ2n) is 1.73. The van der Waals surface area contributed by atoms with Crippen LogP contribution in [0.1, 0.15) is 6.42 Å². The summed E-state index contributed by atoms with van der Waals surface area (Å²) in [4.78, 5) is 10.1. The second-order valence-corrected chi connectivity index (χ2v) is 2.71. The van der Waals surface area contributed by atoms with E-state index in [1.807, 2.05) is 6.26 Å². The van der Waals surface area contributed by atoms with Crippen LogP contribution >= 0.6 is 11.8 Å². The molecule has 64 valence electrons. The van der Waals surface area contributed by atoms with Crippen molar-refractivity contribution in [3.63, 3.8) is 0 Å². The fourth-order valence-electron chi connectivity index (χ4n) is 0.368. The Morgan fingerprint density at radius 3 is 2.45 bits per heavy atom. The summed E-state index contributed by atoms with van der Waals surface area (Å²) in [5.74, 6) is -0.1000. The molecule has 0 aromatic heterocycles. The first-order valence-corrected chi connectivity index (χ1v) is 4.05. The zero-order chi connectivity index (χ0) is 7.28. The molecule has 0 aromatic carbocycles. The summed E-state index contributed by atoms with van der Waals surface area (Å²) in [6.45, 7) is 0. The number of carboxylic acid groups (broad SMARTS) is 1. The number of thioether (sulfide) groups is 1. The summed E-state index contributed by atoms with van der Waals surface area (Å²) < 4.78 is 0. The minimum absolute atomic E-state index is 0. The third-order valence-corrected chi connectivity index (χ3v) is 1.59. The molecule has 0 fully saturated rings. The van der Waals surface area contributed by atoms with Crippen LogP contribution in [0.2, 0.25) is 0 Å². The van der Waals surface area contributed by atoms with Crippen LogP contribution in [0.5, 0.6) is 0 Å². The van der Waals surface area contributed by atoms with Gasteiger partial charge in [0, 0.05) is 19.5 Å². The van der Waals surface area contributed by atoms with Crippen LogP contribution in [0.25, 0.3) is 0 Å². The molecule has 4 nitrogen and oxygen atoms in total. The molecule has 6 heteroatoms. The van der Waals surface area contributed by atoms with Gasteiger partial charge < -0.3 is 16.3 Å². The largest absolute Gasteiger partial charge is 0.480 e. The topological polar surface area (TPSA) is 94.8 Å². The number of carbonyl (C=O) groups is 1. The fraction of sp³-hybridized carbons (Fsp3) is 0.800. The normalized spacial score (nSPS) is 10.7. The van der Waals surface area contributed by atoms with E-state index in [-0.39, 0.29) is 25.0 Å². The standard InChI is InChI=1S/C5H11NO2S.H2O.Zn/c1-9-3-2-4(6)5(7)8;;/h4H,2-3,6H2,1H3,(H,7,8);1H2;. The zero-order valence-corrected chi connectivity index (χ0v) is 10.3. The summed E-state index contributed by atoms with van der Waals surface area (Å²) in [6.07, 6.45) is 2.48. The molecule has 0 bridgehead atoms. The third kappa shape index (κ3) is 10.4. The van der Waals surface area contributed by atoms with Crippen molar-refractivity contribution in [1.82, 2.24) is 0 Å². The van der Waals surface area contributed by atoms with E-state index in [2.05, 4.69) is 0 Å². The Kier molecular flexibility index (Phi) is 16.4.